The van der Waals surface area contributed by atoms with Gasteiger partial charge in [-0.05, 0) is 49.3 Å². The van der Waals surface area contributed by atoms with Gasteiger partial charge in [0.25, 0.3) is 0 Å². The van der Waals surface area contributed by atoms with Crippen LogP contribution in [0.15, 0.2) is 54.6 Å². The van der Waals surface area contributed by atoms with Crippen molar-refractivity contribution in [3.63, 3.8) is 0 Å². The molecule has 0 spiro atoms. The van der Waals surface area contributed by atoms with Crippen LogP contribution in [0.4, 0.5) is 0 Å². The molecule has 0 N–H and O–H groups in total. The molecule has 0 bridgehead atoms. The lowest BCUT2D eigenvalue weighted by molar-refractivity contribution is 0.0524. The Morgan fingerprint density at radius 1 is 1.00 bits per heavy atom. The van der Waals surface area contributed by atoms with E-state index in [1.807, 2.05) is 49.4 Å². The van der Waals surface area contributed by atoms with Gasteiger partial charge >= 0.3 is 5.97 Å². The zero-order chi connectivity index (χ0) is 17.9. The Balaban J connectivity index is 1.86. The number of ether oxygens (including phenoxy) is 2. The average molecular weight is 340 g/mol. The molecule has 0 heterocycles. The van der Waals surface area contributed by atoms with Gasteiger partial charge in [-0.25, -0.2) is 4.79 Å². The molecular formula is C22H28O3. The Hall–Kier alpha value is -2.13. The number of rotatable bonds is 10. The van der Waals surface area contributed by atoms with Crippen molar-refractivity contribution in [2.75, 3.05) is 13.2 Å². The van der Waals surface area contributed by atoms with E-state index in [-0.39, 0.29) is 5.97 Å². The predicted molar refractivity (Wildman–Crippen MR) is 101 cm³/mol. The van der Waals surface area contributed by atoms with E-state index in [1.165, 1.54) is 5.56 Å². The molecule has 134 valence electrons. The average Bonchev–Trinajstić information content (AvgIpc) is 2.66. The summed E-state index contributed by atoms with van der Waals surface area (Å²) in [7, 11) is 0. The molecular weight excluding hydrogens is 312 g/mol. The van der Waals surface area contributed by atoms with Crippen LogP contribution in [0.1, 0.15) is 60.5 Å². The second-order valence-electron chi connectivity index (χ2n) is 6.09. The smallest absolute Gasteiger partial charge is 0.338 e. The minimum absolute atomic E-state index is 0.225. The topological polar surface area (TPSA) is 35.5 Å². The maximum Gasteiger partial charge on any atom is 0.338 e. The van der Waals surface area contributed by atoms with E-state index in [0.717, 1.165) is 31.4 Å². The minimum atomic E-state index is -0.225. The van der Waals surface area contributed by atoms with Gasteiger partial charge in [-0.1, -0.05) is 55.5 Å². The van der Waals surface area contributed by atoms with Gasteiger partial charge in [-0.3, -0.25) is 0 Å². The first kappa shape index (κ1) is 19.2. The lowest BCUT2D eigenvalue weighted by Gasteiger charge is -2.18. The Morgan fingerprint density at radius 2 is 1.72 bits per heavy atom. The van der Waals surface area contributed by atoms with Crippen molar-refractivity contribution < 1.29 is 14.3 Å². The predicted octanol–water partition coefficient (Wildman–Crippen LogP) is 5.35. The van der Waals surface area contributed by atoms with Crippen molar-refractivity contribution in [1.82, 2.24) is 0 Å². The van der Waals surface area contributed by atoms with Crippen LogP contribution < -0.4 is 0 Å². The molecule has 0 radical (unpaired) electrons. The third-order valence-electron chi connectivity index (χ3n) is 4.34. The first-order valence-corrected chi connectivity index (χ1v) is 9.14. The summed E-state index contributed by atoms with van der Waals surface area (Å²) in [5, 5.41) is 0. The molecule has 2 aromatic rings. The largest absolute Gasteiger partial charge is 0.462 e. The van der Waals surface area contributed by atoms with Gasteiger partial charge in [0.05, 0.1) is 18.8 Å². The fourth-order valence-electron chi connectivity index (χ4n) is 3.02. The molecule has 0 aliphatic heterocycles. The van der Waals surface area contributed by atoms with Crippen LogP contribution in [0.2, 0.25) is 0 Å². The summed E-state index contributed by atoms with van der Waals surface area (Å²) in [6, 6.07) is 18.0. The number of carbonyl (C=O) groups is 1. The van der Waals surface area contributed by atoms with Gasteiger partial charge in [-0.15, -0.1) is 0 Å². The van der Waals surface area contributed by atoms with Crippen LogP contribution in [0.25, 0.3) is 0 Å². The van der Waals surface area contributed by atoms with Crippen molar-refractivity contribution in [2.24, 2.45) is 0 Å². The molecule has 2 aromatic carbocycles. The highest BCUT2D eigenvalue weighted by Crippen LogP contribution is 2.28. The summed E-state index contributed by atoms with van der Waals surface area (Å²) >= 11 is 0. The summed E-state index contributed by atoms with van der Waals surface area (Å²) in [6.07, 6.45) is 2.97. The molecule has 0 amide bonds. The van der Waals surface area contributed by atoms with E-state index in [2.05, 4.69) is 19.1 Å². The summed E-state index contributed by atoms with van der Waals surface area (Å²) < 4.78 is 11.0. The lowest BCUT2D eigenvalue weighted by atomic mass is 9.88. The van der Waals surface area contributed by atoms with Gasteiger partial charge in [0.15, 0.2) is 0 Å². The van der Waals surface area contributed by atoms with E-state index in [0.29, 0.717) is 24.7 Å². The lowest BCUT2D eigenvalue weighted by Crippen LogP contribution is -2.11. The molecule has 25 heavy (non-hydrogen) atoms. The summed E-state index contributed by atoms with van der Waals surface area (Å²) in [5.74, 6) is 0.123. The van der Waals surface area contributed by atoms with Gasteiger partial charge in [-0.2, -0.15) is 0 Å². The molecule has 0 saturated carbocycles. The standard InChI is InChI=1S/C22H28O3/c1-3-19(13-10-16-24-17-18-11-6-5-7-12-18)20-14-8-9-15-21(20)22(23)25-4-2/h5-9,11-12,14-15,19H,3-4,10,13,16-17H2,1-2H3. The summed E-state index contributed by atoms with van der Waals surface area (Å²) in [5.41, 5.74) is 2.98. The monoisotopic (exact) mass is 340 g/mol. The van der Waals surface area contributed by atoms with Crippen molar-refractivity contribution in [3.8, 4) is 0 Å². The Bertz CT molecular complexity index is 637. The van der Waals surface area contributed by atoms with Crippen LogP contribution in [0.3, 0.4) is 0 Å². The maximum absolute atomic E-state index is 12.2. The number of esters is 1. The first-order chi connectivity index (χ1) is 12.3. The number of hydrogen-bond donors (Lipinski definition) is 0. The quantitative estimate of drug-likeness (QED) is 0.432. The second-order valence-corrected chi connectivity index (χ2v) is 6.09. The SMILES string of the molecule is CCOC(=O)c1ccccc1C(CC)CCCOCc1ccccc1. The minimum Gasteiger partial charge on any atom is -0.462 e. The number of hydrogen-bond acceptors (Lipinski definition) is 3. The highest BCUT2D eigenvalue weighted by Gasteiger charge is 2.18. The molecule has 0 aliphatic carbocycles. The summed E-state index contributed by atoms with van der Waals surface area (Å²) in [4.78, 5) is 12.2. The highest BCUT2D eigenvalue weighted by molar-refractivity contribution is 5.91. The van der Waals surface area contributed by atoms with Crippen LogP contribution in [-0.2, 0) is 16.1 Å². The van der Waals surface area contributed by atoms with E-state index >= 15 is 0 Å². The Labute approximate surface area is 151 Å². The van der Waals surface area contributed by atoms with Gasteiger partial charge in [0, 0.05) is 6.61 Å². The number of carbonyl (C=O) groups excluding carboxylic acids is 1. The number of benzene rings is 2. The van der Waals surface area contributed by atoms with Crippen molar-refractivity contribution in [1.29, 1.82) is 0 Å². The molecule has 1 atom stereocenters. The third-order valence-corrected chi connectivity index (χ3v) is 4.34. The van der Waals surface area contributed by atoms with Gasteiger partial charge < -0.3 is 9.47 Å². The highest BCUT2D eigenvalue weighted by atomic mass is 16.5. The fourth-order valence-corrected chi connectivity index (χ4v) is 3.02. The molecule has 3 heteroatoms. The first-order valence-electron chi connectivity index (χ1n) is 9.14. The third kappa shape index (κ3) is 6.02. The molecule has 0 saturated heterocycles. The summed E-state index contributed by atoms with van der Waals surface area (Å²) in [6.45, 7) is 5.78. The van der Waals surface area contributed by atoms with E-state index in [4.69, 9.17) is 9.47 Å². The maximum atomic E-state index is 12.2. The zero-order valence-electron chi connectivity index (χ0n) is 15.2. The molecule has 0 aliphatic rings. The van der Waals surface area contributed by atoms with Crippen molar-refractivity contribution in [3.05, 3.63) is 71.3 Å². The zero-order valence-corrected chi connectivity index (χ0v) is 15.2. The van der Waals surface area contributed by atoms with Crippen LogP contribution >= 0.6 is 0 Å². The van der Waals surface area contributed by atoms with E-state index in [9.17, 15) is 4.79 Å². The molecule has 0 fully saturated rings. The van der Waals surface area contributed by atoms with E-state index in [1.54, 1.807) is 0 Å². The van der Waals surface area contributed by atoms with Gasteiger partial charge in [0.1, 0.15) is 0 Å². The second kappa shape index (κ2) is 10.7. The van der Waals surface area contributed by atoms with Crippen molar-refractivity contribution >= 4 is 5.97 Å². The molecule has 1 unspecified atom stereocenters. The van der Waals surface area contributed by atoms with Crippen LogP contribution in [0.5, 0.6) is 0 Å². The molecule has 3 nitrogen and oxygen atoms in total. The Kier molecular flexibility index (Phi) is 8.20. The van der Waals surface area contributed by atoms with E-state index < -0.39 is 0 Å². The fraction of sp³-hybridized carbons (Fsp3) is 0.409. The van der Waals surface area contributed by atoms with Gasteiger partial charge in [0.2, 0.25) is 0 Å². The van der Waals surface area contributed by atoms with Crippen LogP contribution in [-0.4, -0.2) is 19.2 Å². The van der Waals surface area contributed by atoms with Crippen molar-refractivity contribution in [2.45, 2.75) is 45.6 Å². The Morgan fingerprint density at radius 3 is 2.44 bits per heavy atom. The molecule has 2 rings (SSSR count). The van der Waals surface area contributed by atoms with Crippen LogP contribution in [0, 0.1) is 0 Å². The molecule has 0 aromatic heterocycles. The normalized spacial score (nSPS) is 11.9.